The van der Waals surface area contributed by atoms with E-state index in [-0.39, 0.29) is 18.1 Å². The van der Waals surface area contributed by atoms with Crippen molar-refractivity contribution in [3.8, 4) is 11.3 Å². The van der Waals surface area contributed by atoms with Gasteiger partial charge >= 0.3 is 0 Å². The highest BCUT2D eigenvalue weighted by molar-refractivity contribution is 5.61. The normalized spacial score (nSPS) is 12.4. The number of nitrogens with two attached hydrogens (primary N) is 1. The molecule has 1 unspecified atom stereocenters. The van der Waals surface area contributed by atoms with E-state index >= 15 is 0 Å². The van der Waals surface area contributed by atoms with Gasteiger partial charge in [0, 0.05) is 18.2 Å². The molecule has 0 radical (unpaired) electrons. The fourth-order valence-electron chi connectivity index (χ4n) is 2.60. The Hall–Kier alpha value is -1.87. The molecule has 0 aliphatic carbocycles. The zero-order valence-corrected chi connectivity index (χ0v) is 13.3. The summed E-state index contributed by atoms with van der Waals surface area (Å²) in [7, 11) is 0. The highest BCUT2D eigenvalue weighted by Crippen LogP contribution is 2.24. The lowest BCUT2D eigenvalue weighted by molar-refractivity contribution is 0.515. The van der Waals surface area contributed by atoms with Crippen LogP contribution in [0.4, 0.5) is 0 Å². The highest BCUT2D eigenvalue weighted by atomic mass is 16.1. The number of pyridine rings is 1. The maximum absolute atomic E-state index is 12.8. The van der Waals surface area contributed by atoms with Crippen molar-refractivity contribution >= 4 is 0 Å². The third-order valence-electron chi connectivity index (χ3n) is 4.15. The van der Waals surface area contributed by atoms with Crippen LogP contribution >= 0.6 is 0 Å². The SMILES string of the molecule is CCC(C)n1c(-c2ccc(C)cc2)cc(C)c(CN)c1=O. The summed E-state index contributed by atoms with van der Waals surface area (Å²) in [6.45, 7) is 8.48. The van der Waals surface area contributed by atoms with Crippen molar-refractivity contribution in [3.05, 3.63) is 57.4 Å². The number of hydrogen-bond donors (Lipinski definition) is 1. The van der Waals surface area contributed by atoms with Gasteiger partial charge in [-0.25, -0.2) is 0 Å². The van der Waals surface area contributed by atoms with Crippen LogP contribution in [0.1, 0.15) is 43.0 Å². The number of benzene rings is 1. The Bertz CT molecular complexity index is 684. The Kier molecular flexibility index (Phi) is 4.63. The quantitative estimate of drug-likeness (QED) is 0.933. The molecule has 0 fully saturated rings. The van der Waals surface area contributed by atoms with Crippen molar-refractivity contribution in [2.75, 3.05) is 0 Å². The summed E-state index contributed by atoms with van der Waals surface area (Å²) in [5.74, 6) is 0. The zero-order chi connectivity index (χ0) is 15.6. The third-order valence-corrected chi connectivity index (χ3v) is 4.15. The minimum atomic E-state index is 0.0439. The maximum atomic E-state index is 12.8. The summed E-state index contributed by atoms with van der Waals surface area (Å²) in [5.41, 5.74) is 10.7. The Labute approximate surface area is 126 Å². The molecule has 0 saturated heterocycles. The molecule has 0 saturated carbocycles. The average molecular weight is 284 g/mol. The highest BCUT2D eigenvalue weighted by Gasteiger charge is 2.16. The van der Waals surface area contributed by atoms with Crippen LogP contribution in [0.5, 0.6) is 0 Å². The first-order valence-electron chi connectivity index (χ1n) is 7.51. The molecule has 3 nitrogen and oxygen atoms in total. The minimum Gasteiger partial charge on any atom is -0.326 e. The molecule has 1 aromatic heterocycles. The monoisotopic (exact) mass is 284 g/mol. The number of aromatic nitrogens is 1. The van der Waals surface area contributed by atoms with Gasteiger partial charge in [-0.2, -0.15) is 0 Å². The van der Waals surface area contributed by atoms with E-state index in [4.69, 9.17) is 5.73 Å². The molecule has 0 amide bonds. The summed E-state index contributed by atoms with van der Waals surface area (Å²) in [6, 6.07) is 10.5. The molecule has 0 aliphatic heterocycles. The van der Waals surface area contributed by atoms with E-state index in [1.54, 1.807) is 0 Å². The van der Waals surface area contributed by atoms with E-state index in [1.807, 2.05) is 11.5 Å². The van der Waals surface area contributed by atoms with Crippen molar-refractivity contribution in [1.29, 1.82) is 0 Å². The van der Waals surface area contributed by atoms with Gasteiger partial charge in [-0.15, -0.1) is 0 Å². The summed E-state index contributed by atoms with van der Waals surface area (Å²) >= 11 is 0. The Morgan fingerprint density at radius 2 is 1.81 bits per heavy atom. The van der Waals surface area contributed by atoms with Crippen LogP contribution in [-0.2, 0) is 6.54 Å². The van der Waals surface area contributed by atoms with E-state index in [2.05, 4.69) is 51.1 Å². The predicted molar refractivity (Wildman–Crippen MR) is 88.5 cm³/mol. The van der Waals surface area contributed by atoms with Crippen LogP contribution in [0.15, 0.2) is 35.1 Å². The van der Waals surface area contributed by atoms with E-state index in [0.717, 1.165) is 23.2 Å². The van der Waals surface area contributed by atoms with Crippen LogP contribution in [0.2, 0.25) is 0 Å². The smallest absolute Gasteiger partial charge is 0.256 e. The summed E-state index contributed by atoms with van der Waals surface area (Å²) in [5, 5.41) is 0. The number of nitrogens with zero attached hydrogens (tertiary/aromatic N) is 1. The van der Waals surface area contributed by atoms with Gasteiger partial charge in [-0.05, 0) is 44.4 Å². The van der Waals surface area contributed by atoms with Crippen LogP contribution in [0.3, 0.4) is 0 Å². The van der Waals surface area contributed by atoms with Gasteiger partial charge in [-0.1, -0.05) is 36.8 Å². The predicted octanol–water partition coefficient (Wildman–Crippen LogP) is 3.56. The molecule has 112 valence electrons. The zero-order valence-electron chi connectivity index (χ0n) is 13.3. The van der Waals surface area contributed by atoms with Crippen molar-refractivity contribution in [3.63, 3.8) is 0 Å². The van der Waals surface area contributed by atoms with Gasteiger partial charge in [0.15, 0.2) is 0 Å². The second-order valence-corrected chi connectivity index (χ2v) is 5.69. The minimum absolute atomic E-state index is 0.0439. The maximum Gasteiger partial charge on any atom is 0.256 e. The van der Waals surface area contributed by atoms with E-state index in [1.165, 1.54) is 5.56 Å². The third kappa shape index (κ3) is 2.93. The Balaban J connectivity index is 2.75. The van der Waals surface area contributed by atoms with Gasteiger partial charge in [0.05, 0.1) is 5.69 Å². The van der Waals surface area contributed by atoms with Crippen molar-refractivity contribution in [2.24, 2.45) is 5.73 Å². The molecular formula is C18H24N2O. The van der Waals surface area contributed by atoms with Crippen molar-refractivity contribution in [2.45, 2.75) is 46.7 Å². The molecule has 0 spiro atoms. The molecule has 3 heteroatoms. The second-order valence-electron chi connectivity index (χ2n) is 5.69. The van der Waals surface area contributed by atoms with Crippen molar-refractivity contribution < 1.29 is 0 Å². The molecule has 2 aromatic rings. The fraction of sp³-hybridized carbons (Fsp3) is 0.389. The fourth-order valence-corrected chi connectivity index (χ4v) is 2.60. The molecule has 2 N–H and O–H groups in total. The first kappa shape index (κ1) is 15.5. The first-order chi connectivity index (χ1) is 9.99. The lowest BCUT2D eigenvalue weighted by Crippen LogP contribution is -2.30. The molecule has 0 bridgehead atoms. The topological polar surface area (TPSA) is 48.0 Å². The molecular weight excluding hydrogens is 260 g/mol. The molecule has 1 heterocycles. The van der Waals surface area contributed by atoms with Crippen LogP contribution in [0, 0.1) is 13.8 Å². The van der Waals surface area contributed by atoms with Gasteiger partial charge in [0.1, 0.15) is 0 Å². The summed E-state index contributed by atoms with van der Waals surface area (Å²) in [6.07, 6.45) is 0.909. The average Bonchev–Trinajstić information content (AvgIpc) is 2.47. The number of rotatable bonds is 4. The van der Waals surface area contributed by atoms with Gasteiger partial charge in [0.25, 0.3) is 5.56 Å². The lowest BCUT2D eigenvalue weighted by Gasteiger charge is -2.21. The second kappa shape index (κ2) is 6.27. The largest absolute Gasteiger partial charge is 0.326 e. The molecule has 21 heavy (non-hydrogen) atoms. The summed E-state index contributed by atoms with van der Waals surface area (Å²) in [4.78, 5) is 12.8. The lowest BCUT2D eigenvalue weighted by atomic mass is 10.0. The van der Waals surface area contributed by atoms with Gasteiger partial charge < -0.3 is 10.3 Å². The van der Waals surface area contributed by atoms with Crippen LogP contribution in [0.25, 0.3) is 11.3 Å². The molecule has 1 atom stereocenters. The van der Waals surface area contributed by atoms with E-state index < -0.39 is 0 Å². The van der Waals surface area contributed by atoms with Crippen molar-refractivity contribution in [1.82, 2.24) is 4.57 Å². The Morgan fingerprint density at radius 3 is 2.33 bits per heavy atom. The Morgan fingerprint density at radius 1 is 1.19 bits per heavy atom. The number of aryl methyl sites for hydroxylation is 2. The first-order valence-corrected chi connectivity index (χ1v) is 7.51. The van der Waals surface area contributed by atoms with E-state index in [0.29, 0.717) is 5.56 Å². The van der Waals surface area contributed by atoms with Crippen LogP contribution in [-0.4, -0.2) is 4.57 Å². The standard InChI is InChI=1S/C18H24N2O/c1-5-14(4)20-17(15-8-6-12(2)7-9-15)10-13(3)16(11-19)18(20)21/h6-10,14H,5,11,19H2,1-4H3. The van der Waals surface area contributed by atoms with Gasteiger partial charge in [0.2, 0.25) is 0 Å². The molecule has 2 rings (SSSR count). The molecule has 1 aromatic carbocycles. The summed E-state index contributed by atoms with van der Waals surface area (Å²) < 4.78 is 1.89. The van der Waals surface area contributed by atoms with Gasteiger partial charge in [-0.3, -0.25) is 4.79 Å². The number of hydrogen-bond acceptors (Lipinski definition) is 2. The molecule has 0 aliphatic rings. The van der Waals surface area contributed by atoms with Crippen LogP contribution < -0.4 is 11.3 Å². The van der Waals surface area contributed by atoms with E-state index in [9.17, 15) is 4.79 Å².